The van der Waals surface area contributed by atoms with Gasteiger partial charge in [-0.05, 0) is 55.0 Å². The highest BCUT2D eigenvalue weighted by Crippen LogP contribution is 2.31. The number of nitrogens with zero attached hydrogens (tertiary/aromatic N) is 2. The van der Waals surface area contributed by atoms with E-state index in [0.29, 0.717) is 30.6 Å². The molecule has 0 radical (unpaired) electrons. The zero-order chi connectivity index (χ0) is 23.0. The zero-order valence-corrected chi connectivity index (χ0v) is 18.5. The number of hydrogen-bond donors (Lipinski definition) is 0. The Morgan fingerprint density at radius 2 is 1.62 bits per heavy atom. The standard InChI is InChI=1S/C25H26N2O5/c1-15-10-16(2)13-26(12-15)22(28)14-32-25(31)18-8-9-19-20(11-18)24(30)27(23(19)29)21-7-5-4-6-17(21)3/h4-9,11,15-16H,10,12-14H2,1-3H3/t15-,16-/m1/s1. The highest BCUT2D eigenvalue weighted by molar-refractivity contribution is 6.34. The number of ether oxygens (including phenoxy) is 1. The molecule has 0 bridgehead atoms. The molecular weight excluding hydrogens is 408 g/mol. The fraction of sp³-hybridized carbons (Fsp3) is 0.360. The number of amides is 3. The van der Waals surface area contributed by atoms with Crippen molar-refractivity contribution in [2.45, 2.75) is 27.2 Å². The summed E-state index contributed by atoms with van der Waals surface area (Å²) in [5.74, 6) is -1.02. The first kappa shape index (κ1) is 21.7. The summed E-state index contributed by atoms with van der Waals surface area (Å²) in [6.07, 6.45) is 1.07. The zero-order valence-electron chi connectivity index (χ0n) is 18.5. The maximum Gasteiger partial charge on any atom is 0.338 e. The summed E-state index contributed by atoms with van der Waals surface area (Å²) in [6.45, 7) is 6.99. The molecule has 4 rings (SSSR count). The lowest BCUT2D eigenvalue weighted by Crippen LogP contribution is -2.44. The van der Waals surface area contributed by atoms with Gasteiger partial charge in [-0.15, -0.1) is 0 Å². The molecule has 2 aromatic carbocycles. The van der Waals surface area contributed by atoms with Gasteiger partial charge in [0.25, 0.3) is 17.7 Å². The number of carbonyl (C=O) groups is 4. The Morgan fingerprint density at radius 3 is 2.31 bits per heavy atom. The fourth-order valence-corrected chi connectivity index (χ4v) is 4.57. The molecule has 1 fully saturated rings. The van der Waals surface area contributed by atoms with Gasteiger partial charge in [0, 0.05) is 13.1 Å². The average Bonchev–Trinajstić information content (AvgIpc) is 3.01. The van der Waals surface area contributed by atoms with Crippen LogP contribution in [0.5, 0.6) is 0 Å². The Hall–Kier alpha value is -3.48. The number of hydrogen-bond acceptors (Lipinski definition) is 5. The summed E-state index contributed by atoms with van der Waals surface area (Å²) in [5.41, 5.74) is 1.82. The van der Waals surface area contributed by atoms with Gasteiger partial charge in [0.05, 0.1) is 22.4 Å². The van der Waals surface area contributed by atoms with Crippen LogP contribution in [0.15, 0.2) is 42.5 Å². The van der Waals surface area contributed by atoms with E-state index in [9.17, 15) is 19.2 Å². The first-order chi connectivity index (χ1) is 15.3. The van der Waals surface area contributed by atoms with Crippen molar-refractivity contribution in [1.82, 2.24) is 4.90 Å². The number of imide groups is 1. The molecule has 166 valence electrons. The second kappa shape index (κ2) is 8.57. The van der Waals surface area contributed by atoms with Crippen molar-refractivity contribution in [2.24, 2.45) is 11.8 Å². The SMILES string of the molecule is Cc1ccccc1N1C(=O)c2ccc(C(=O)OCC(=O)N3C[C@H](C)C[C@@H](C)C3)cc2C1=O. The lowest BCUT2D eigenvalue weighted by atomic mass is 9.92. The molecule has 1 saturated heterocycles. The molecule has 0 aliphatic carbocycles. The molecule has 7 nitrogen and oxygen atoms in total. The van der Waals surface area contributed by atoms with Crippen LogP contribution in [-0.4, -0.2) is 48.3 Å². The molecule has 2 heterocycles. The number of piperidine rings is 1. The largest absolute Gasteiger partial charge is 0.452 e. The number of esters is 1. The lowest BCUT2D eigenvalue weighted by molar-refractivity contribution is -0.137. The van der Waals surface area contributed by atoms with Crippen LogP contribution in [0.3, 0.4) is 0 Å². The molecule has 2 aromatic rings. The highest BCUT2D eigenvalue weighted by atomic mass is 16.5. The van der Waals surface area contributed by atoms with E-state index in [1.807, 2.05) is 19.1 Å². The van der Waals surface area contributed by atoms with Crippen LogP contribution >= 0.6 is 0 Å². The Kier molecular flexibility index (Phi) is 5.82. The summed E-state index contributed by atoms with van der Waals surface area (Å²) in [7, 11) is 0. The number of likely N-dealkylation sites (tertiary alicyclic amines) is 1. The Balaban J connectivity index is 1.47. The second-order valence-corrected chi connectivity index (χ2v) is 8.81. The number of aryl methyl sites for hydroxylation is 1. The van der Waals surface area contributed by atoms with Crippen LogP contribution in [0.2, 0.25) is 0 Å². The van der Waals surface area contributed by atoms with Crippen LogP contribution in [0.25, 0.3) is 0 Å². The van der Waals surface area contributed by atoms with E-state index in [1.165, 1.54) is 18.2 Å². The van der Waals surface area contributed by atoms with Gasteiger partial charge in [-0.3, -0.25) is 14.4 Å². The third-order valence-corrected chi connectivity index (χ3v) is 6.03. The third-order valence-electron chi connectivity index (χ3n) is 6.03. The minimum absolute atomic E-state index is 0.129. The molecule has 0 saturated carbocycles. The first-order valence-electron chi connectivity index (χ1n) is 10.8. The maximum absolute atomic E-state index is 13.0. The average molecular weight is 434 g/mol. The van der Waals surface area contributed by atoms with E-state index < -0.39 is 17.8 Å². The van der Waals surface area contributed by atoms with Gasteiger partial charge >= 0.3 is 5.97 Å². The normalized spacial score (nSPS) is 20.3. The Bertz CT molecular complexity index is 1100. The van der Waals surface area contributed by atoms with Gasteiger partial charge in [-0.1, -0.05) is 32.0 Å². The first-order valence-corrected chi connectivity index (χ1v) is 10.8. The molecule has 0 aromatic heterocycles. The van der Waals surface area contributed by atoms with Crippen LogP contribution in [0.1, 0.15) is 56.9 Å². The van der Waals surface area contributed by atoms with E-state index in [-0.39, 0.29) is 29.2 Å². The second-order valence-electron chi connectivity index (χ2n) is 8.81. The van der Waals surface area contributed by atoms with Gasteiger partial charge < -0.3 is 9.64 Å². The van der Waals surface area contributed by atoms with Crippen molar-refractivity contribution >= 4 is 29.4 Å². The summed E-state index contributed by atoms with van der Waals surface area (Å²) >= 11 is 0. The monoisotopic (exact) mass is 434 g/mol. The molecule has 2 aliphatic heterocycles. The third kappa shape index (κ3) is 4.02. The molecule has 32 heavy (non-hydrogen) atoms. The van der Waals surface area contributed by atoms with Crippen LogP contribution in [-0.2, 0) is 9.53 Å². The molecule has 0 N–H and O–H groups in total. The molecule has 3 amide bonds. The van der Waals surface area contributed by atoms with Crippen molar-refractivity contribution in [3.63, 3.8) is 0 Å². The Labute approximate surface area is 187 Å². The van der Waals surface area contributed by atoms with Gasteiger partial charge in [-0.2, -0.15) is 0 Å². The quantitative estimate of drug-likeness (QED) is 0.544. The predicted octanol–water partition coefficient (Wildman–Crippen LogP) is 3.46. The summed E-state index contributed by atoms with van der Waals surface area (Å²) in [6, 6.07) is 11.4. The van der Waals surface area contributed by atoms with Crippen molar-refractivity contribution in [2.75, 3.05) is 24.6 Å². The van der Waals surface area contributed by atoms with Gasteiger partial charge in [0.1, 0.15) is 0 Å². The summed E-state index contributed by atoms with van der Waals surface area (Å²) in [5, 5.41) is 0. The highest BCUT2D eigenvalue weighted by Gasteiger charge is 2.38. The number of fused-ring (bicyclic) bond motifs is 1. The van der Waals surface area contributed by atoms with Crippen molar-refractivity contribution in [1.29, 1.82) is 0 Å². The maximum atomic E-state index is 13.0. The van der Waals surface area contributed by atoms with E-state index >= 15 is 0 Å². The smallest absolute Gasteiger partial charge is 0.338 e. The van der Waals surface area contributed by atoms with E-state index in [2.05, 4.69) is 13.8 Å². The fourth-order valence-electron chi connectivity index (χ4n) is 4.57. The molecular formula is C25H26N2O5. The molecule has 2 atom stereocenters. The van der Waals surface area contributed by atoms with Gasteiger partial charge in [0.2, 0.25) is 0 Å². The number of rotatable bonds is 4. The number of benzene rings is 2. The van der Waals surface area contributed by atoms with Gasteiger partial charge in [-0.25, -0.2) is 9.69 Å². The minimum Gasteiger partial charge on any atom is -0.452 e. The van der Waals surface area contributed by atoms with E-state index in [0.717, 1.165) is 16.9 Å². The van der Waals surface area contributed by atoms with E-state index in [1.54, 1.807) is 17.0 Å². The Morgan fingerprint density at radius 1 is 0.969 bits per heavy atom. The van der Waals surface area contributed by atoms with Crippen molar-refractivity contribution in [3.05, 3.63) is 64.7 Å². The van der Waals surface area contributed by atoms with Crippen molar-refractivity contribution in [3.8, 4) is 0 Å². The molecule has 0 unspecified atom stereocenters. The molecule has 7 heteroatoms. The number of para-hydroxylation sites is 1. The summed E-state index contributed by atoms with van der Waals surface area (Å²) < 4.78 is 5.23. The van der Waals surface area contributed by atoms with Crippen LogP contribution in [0, 0.1) is 18.8 Å². The van der Waals surface area contributed by atoms with Crippen LogP contribution < -0.4 is 4.90 Å². The lowest BCUT2D eigenvalue weighted by Gasteiger charge is -2.34. The molecule has 2 aliphatic rings. The van der Waals surface area contributed by atoms with Gasteiger partial charge in [0.15, 0.2) is 6.61 Å². The summed E-state index contributed by atoms with van der Waals surface area (Å²) in [4.78, 5) is 53.7. The topological polar surface area (TPSA) is 84.0 Å². The van der Waals surface area contributed by atoms with Crippen LogP contribution in [0.4, 0.5) is 5.69 Å². The minimum atomic E-state index is -0.700. The molecule has 0 spiro atoms. The predicted molar refractivity (Wildman–Crippen MR) is 119 cm³/mol. The number of anilines is 1. The van der Waals surface area contributed by atoms with E-state index in [4.69, 9.17) is 4.74 Å². The van der Waals surface area contributed by atoms with Crippen molar-refractivity contribution < 1.29 is 23.9 Å². The number of carbonyl (C=O) groups excluding carboxylic acids is 4.